The summed E-state index contributed by atoms with van der Waals surface area (Å²) in [5.74, 6) is -1.20. The third-order valence-electron chi connectivity index (χ3n) is 9.17. The summed E-state index contributed by atoms with van der Waals surface area (Å²) in [5, 5.41) is 25.4. The number of nitro groups is 1. The van der Waals surface area contributed by atoms with E-state index in [9.17, 15) is 24.8 Å². The monoisotopic (exact) mass is 630 g/mol. The van der Waals surface area contributed by atoms with Crippen LogP contribution < -0.4 is 10.2 Å². The van der Waals surface area contributed by atoms with Crippen LogP contribution in [-0.2, 0) is 32.9 Å². The number of carbonyl (C=O) groups is 2. The van der Waals surface area contributed by atoms with Crippen LogP contribution in [0.2, 0.25) is 18.6 Å². The molecule has 1 fully saturated rings. The topological polar surface area (TPSA) is 138 Å². The van der Waals surface area contributed by atoms with E-state index in [0.717, 1.165) is 22.0 Å². The van der Waals surface area contributed by atoms with Crippen molar-refractivity contribution in [2.75, 3.05) is 16.8 Å². The molecule has 3 aromatic carbocycles. The number of non-ortho nitro benzene ring substituents is 1. The molecule has 234 valence electrons. The molecule has 0 bridgehead atoms. The third-order valence-corrected chi connectivity index (χ3v) is 11.6. The summed E-state index contributed by atoms with van der Waals surface area (Å²) < 4.78 is 22.2. The molecule has 2 aliphatic rings. The van der Waals surface area contributed by atoms with Crippen LogP contribution in [0.4, 0.5) is 21.2 Å². The van der Waals surface area contributed by atoms with Crippen LogP contribution >= 0.6 is 0 Å². The molecule has 12 heteroatoms. The molecule has 0 saturated carbocycles. The molecular weight excluding hydrogens is 595 g/mol. The number of aliphatic hydroxyl groups excluding tert-OH is 1. The van der Waals surface area contributed by atoms with Crippen LogP contribution in [-0.4, -0.2) is 47.9 Å². The Balaban J connectivity index is 1.25. The number of nitrogens with zero attached hydrogens (tertiary/aromatic N) is 2. The van der Waals surface area contributed by atoms with Gasteiger partial charge < -0.3 is 29.2 Å². The lowest BCUT2D eigenvalue weighted by Gasteiger charge is -2.31. The number of benzene rings is 3. The summed E-state index contributed by atoms with van der Waals surface area (Å²) in [6, 6.07) is 19.2. The van der Waals surface area contributed by atoms with Gasteiger partial charge in [0, 0.05) is 58.5 Å². The number of amides is 2. The van der Waals surface area contributed by atoms with Crippen molar-refractivity contribution in [3.05, 3.63) is 99.7 Å². The second-order valence-corrected chi connectivity index (χ2v) is 16.2. The molecular formula is C33H35FN4O6Si. The number of anilines is 2. The molecule has 1 saturated heterocycles. The van der Waals surface area contributed by atoms with Gasteiger partial charge in [0.1, 0.15) is 0 Å². The maximum atomic E-state index is 15.7. The first-order chi connectivity index (χ1) is 21.4. The van der Waals surface area contributed by atoms with E-state index in [1.54, 1.807) is 50.3 Å². The van der Waals surface area contributed by atoms with Crippen molar-refractivity contribution in [3.8, 4) is 0 Å². The van der Waals surface area contributed by atoms with Crippen molar-refractivity contribution in [1.29, 1.82) is 0 Å². The smallest absolute Gasteiger partial charge is 0.269 e. The molecule has 1 aromatic heterocycles. The van der Waals surface area contributed by atoms with Gasteiger partial charge in [0.05, 0.1) is 29.7 Å². The number of ether oxygens (including phenoxy) is 1. The number of halogens is 1. The number of H-pyrrole nitrogens is 1. The van der Waals surface area contributed by atoms with Crippen molar-refractivity contribution in [2.45, 2.75) is 56.7 Å². The fourth-order valence-electron chi connectivity index (χ4n) is 7.24. The Morgan fingerprint density at radius 2 is 1.91 bits per heavy atom. The lowest BCUT2D eigenvalue weighted by molar-refractivity contribution is -0.385. The Hall–Kier alpha value is -4.39. The number of nitrogens with one attached hydrogen (secondary N) is 2. The Morgan fingerprint density at radius 1 is 1.18 bits per heavy atom. The minimum atomic E-state index is -3.40. The van der Waals surface area contributed by atoms with Crippen molar-refractivity contribution >= 4 is 48.2 Å². The number of hydrogen-bond donors (Lipinski definition) is 3. The average molecular weight is 631 g/mol. The lowest BCUT2D eigenvalue weighted by atomic mass is 9.82. The molecule has 2 amide bonds. The molecule has 1 spiro atoms. The van der Waals surface area contributed by atoms with E-state index in [2.05, 4.69) is 10.3 Å². The van der Waals surface area contributed by atoms with Crippen molar-refractivity contribution < 1.29 is 28.5 Å². The molecule has 3 N–H and O–H groups in total. The number of aromatic nitrogens is 1. The number of hydrogen-bond acceptors (Lipinski definition) is 6. The van der Waals surface area contributed by atoms with Gasteiger partial charge in [0.15, 0.2) is 5.60 Å². The van der Waals surface area contributed by atoms with Crippen LogP contribution in [0.15, 0.2) is 72.9 Å². The predicted molar refractivity (Wildman–Crippen MR) is 171 cm³/mol. The largest absolute Gasteiger partial charge is 0.396 e. The normalized spacial score (nSPS) is 22.7. The summed E-state index contributed by atoms with van der Waals surface area (Å²) in [6.45, 7) is 4.80. The van der Waals surface area contributed by atoms with Crippen LogP contribution in [0.25, 0.3) is 10.9 Å². The fraction of sp³-hybridized carbons (Fsp3) is 0.333. The maximum absolute atomic E-state index is 15.7. The highest BCUT2D eigenvalue weighted by Gasteiger charge is 2.66. The SMILES string of the molecule is C[C@H]1[C@H]([Si](C)(C)F)[C@@H](CCO)O[C@]12C(=O)N(Cc1ccc(NC(=O)Cc3c[nH]c4ccccc34)cc1)c1ccc([N+](=O)[O-])cc12. The minimum Gasteiger partial charge on any atom is -0.396 e. The highest BCUT2D eigenvalue weighted by Crippen LogP contribution is 2.60. The number of para-hydroxylation sites is 1. The third kappa shape index (κ3) is 5.32. The van der Waals surface area contributed by atoms with Crippen molar-refractivity contribution in [2.24, 2.45) is 5.92 Å². The van der Waals surface area contributed by atoms with E-state index in [-0.39, 0.29) is 37.6 Å². The molecule has 0 radical (unpaired) electrons. The van der Waals surface area contributed by atoms with Crippen LogP contribution in [0.5, 0.6) is 0 Å². The minimum absolute atomic E-state index is 0.136. The standard InChI is InChI=1S/C33H35FN4O6Si/c1-20-31(45(2,3)34)29(14-15-39)44-33(20)26-17-24(38(42)43)12-13-28(26)37(32(33)41)19-21-8-10-23(11-9-21)36-30(40)16-22-18-35-27-7-5-4-6-25(22)27/h4-13,17-18,20,29,31,35,39H,14-16,19H2,1-3H3,(H,36,40)/t20-,29+,31-,33+/m0/s1. The molecule has 3 heterocycles. The molecule has 4 atom stereocenters. The zero-order chi connectivity index (χ0) is 32.1. The second kappa shape index (κ2) is 11.5. The van der Waals surface area contributed by atoms with E-state index >= 15 is 4.11 Å². The second-order valence-electron chi connectivity index (χ2n) is 12.4. The zero-order valence-electron chi connectivity index (χ0n) is 25.2. The molecule has 4 aromatic rings. The van der Waals surface area contributed by atoms with E-state index < -0.39 is 42.4 Å². The number of nitro benzene ring substituents is 1. The Bertz CT molecular complexity index is 1790. The van der Waals surface area contributed by atoms with Gasteiger partial charge in [-0.05, 0) is 54.9 Å². The van der Waals surface area contributed by atoms with Gasteiger partial charge in [0.25, 0.3) is 11.6 Å². The first kappa shape index (κ1) is 30.6. The van der Waals surface area contributed by atoms with Gasteiger partial charge in [-0.15, -0.1) is 0 Å². The van der Waals surface area contributed by atoms with Gasteiger partial charge in [-0.2, -0.15) is 0 Å². The molecule has 10 nitrogen and oxygen atoms in total. The highest BCUT2D eigenvalue weighted by atomic mass is 28.4. The summed E-state index contributed by atoms with van der Waals surface area (Å²) in [4.78, 5) is 43.1. The molecule has 2 aliphatic heterocycles. The summed E-state index contributed by atoms with van der Waals surface area (Å²) in [6.07, 6.45) is 1.48. The van der Waals surface area contributed by atoms with Gasteiger partial charge in [0.2, 0.25) is 14.3 Å². The van der Waals surface area contributed by atoms with Gasteiger partial charge >= 0.3 is 0 Å². The average Bonchev–Trinajstić information content (AvgIpc) is 3.61. The molecule has 6 rings (SSSR count). The predicted octanol–water partition coefficient (Wildman–Crippen LogP) is 5.96. The van der Waals surface area contributed by atoms with Crippen LogP contribution in [0.1, 0.15) is 30.0 Å². The van der Waals surface area contributed by atoms with Gasteiger partial charge in [-0.25, -0.2) is 0 Å². The zero-order valence-corrected chi connectivity index (χ0v) is 26.2. The Morgan fingerprint density at radius 3 is 2.60 bits per heavy atom. The number of rotatable bonds is 9. The van der Waals surface area contributed by atoms with E-state index in [1.165, 1.54) is 17.0 Å². The van der Waals surface area contributed by atoms with E-state index in [4.69, 9.17) is 4.74 Å². The Kier molecular flexibility index (Phi) is 7.84. The first-order valence-corrected chi connectivity index (χ1v) is 17.9. The number of aliphatic hydroxyl groups is 1. The highest BCUT2D eigenvalue weighted by molar-refractivity contribution is 6.72. The molecule has 45 heavy (non-hydrogen) atoms. The summed E-state index contributed by atoms with van der Waals surface area (Å²) in [7, 11) is -3.40. The van der Waals surface area contributed by atoms with Gasteiger partial charge in [-0.3, -0.25) is 19.7 Å². The number of fused-ring (bicyclic) bond motifs is 3. The summed E-state index contributed by atoms with van der Waals surface area (Å²) >= 11 is 0. The maximum Gasteiger partial charge on any atom is 0.269 e. The summed E-state index contributed by atoms with van der Waals surface area (Å²) in [5.41, 5.74) is 1.62. The fourth-order valence-corrected chi connectivity index (χ4v) is 9.78. The Labute approximate surface area is 260 Å². The van der Waals surface area contributed by atoms with Crippen LogP contribution in [0.3, 0.4) is 0 Å². The van der Waals surface area contributed by atoms with Crippen molar-refractivity contribution in [3.63, 3.8) is 0 Å². The quantitative estimate of drug-likeness (QED) is 0.0903. The molecule has 0 unspecified atom stereocenters. The first-order valence-electron chi connectivity index (χ1n) is 15.0. The van der Waals surface area contributed by atoms with E-state index in [1.807, 2.05) is 30.5 Å². The number of aromatic amines is 1. The van der Waals surface area contributed by atoms with Gasteiger partial charge in [-0.1, -0.05) is 37.3 Å². The number of carbonyl (C=O) groups excluding carboxylic acids is 2. The van der Waals surface area contributed by atoms with Crippen molar-refractivity contribution in [1.82, 2.24) is 4.98 Å². The lowest BCUT2D eigenvalue weighted by Crippen LogP contribution is -2.45. The van der Waals surface area contributed by atoms with Crippen LogP contribution in [0, 0.1) is 16.0 Å². The molecule has 0 aliphatic carbocycles. The van der Waals surface area contributed by atoms with E-state index in [0.29, 0.717) is 16.9 Å².